The van der Waals surface area contributed by atoms with Gasteiger partial charge in [-0.25, -0.2) is 4.39 Å². The largest absolute Gasteiger partial charge is 0.325 e. The highest BCUT2D eigenvalue weighted by atomic mass is 19.1. The first kappa shape index (κ1) is 11.0. The molecule has 0 saturated carbocycles. The highest BCUT2D eigenvalue weighted by Crippen LogP contribution is 2.22. The van der Waals surface area contributed by atoms with Crippen LogP contribution in [0.4, 0.5) is 10.1 Å². The first-order valence-corrected chi connectivity index (χ1v) is 4.97. The minimum Gasteiger partial charge on any atom is -0.325 e. The van der Waals surface area contributed by atoms with Gasteiger partial charge in [-0.15, -0.1) is 0 Å². The fourth-order valence-corrected chi connectivity index (χ4v) is 1.84. The summed E-state index contributed by atoms with van der Waals surface area (Å²) in [5, 5.41) is 10.7. The van der Waals surface area contributed by atoms with E-state index in [4.69, 9.17) is 5.73 Å². The van der Waals surface area contributed by atoms with E-state index in [2.05, 4.69) is 0 Å². The van der Waals surface area contributed by atoms with Crippen LogP contribution in [0.15, 0.2) is 18.2 Å². The maximum atomic E-state index is 13.0. The molecule has 0 spiro atoms. The van der Waals surface area contributed by atoms with Crippen LogP contribution in [-0.2, 0) is 6.54 Å². The van der Waals surface area contributed by atoms with Gasteiger partial charge < -0.3 is 5.73 Å². The monoisotopic (exact) mass is 225 g/mol. The van der Waals surface area contributed by atoms with Gasteiger partial charge in [-0.2, -0.15) is 0 Å². The topological polar surface area (TPSA) is 72.4 Å². The number of likely N-dealkylation sites (tertiary alicyclic amines) is 1. The lowest BCUT2D eigenvalue weighted by Crippen LogP contribution is -2.54. The quantitative estimate of drug-likeness (QED) is 0.612. The SMILES string of the molecule is NC1CN(Cc2cc(F)ccc2[N+](=O)[O-])C1. The highest BCUT2D eigenvalue weighted by Gasteiger charge is 2.25. The molecule has 0 radical (unpaired) electrons. The van der Waals surface area contributed by atoms with E-state index in [1.807, 2.05) is 4.90 Å². The van der Waals surface area contributed by atoms with Gasteiger partial charge in [-0.05, 0) is 12.1 Å². The first-order valence-electron chi connectivity index (χ1n) is 4.97. The van der Waals surface area contributed by atoms with E-state index in [0.717, 1.165) is 6.07 Å². The maximum Gasteiger partial charge on any atom is 0.274 e. The summed E-state index contributed by atoms with van der Waals surface area (Å²) in [5.74, 6) is -0.453. The molecule has 0 bridgehead atoms. The Balaban J connectivity index is 2.17. The smallest absolute Gasteiger partial charge is 0.274 e. The van der Waals surface area contributed by atoms with Crippen LogP contribution in [0.1, 0.15) is 5.56 Å². The van der Waals surface area contributed by atoms with Crippen molar-refractivity contribution in [3.8, 4) is 0 Å². The molecule has 1 heterocycles. The van der Waals surface area contributed by atoms with E-state index in [0.29, 0.717) is 25.2 Å². The van der Waals surface area contributed by atoms with E-state index >= 15 is 0 Å². The van der Waals surface area contributed by atoms with Crippen LogP contribution in [-0.4, -0.2) is 29.0 Å². The lowest BCUT2D eigenvalue weighted by Gasteiger charge is -2.36. The number of halogens is 1. The molecule has 5 nitrogen and oxygen atoms in total. The summed E-state index contributed by atoms with van der Waals surface area (Å²) in [6, 6.07) is 3.64. The van der Waals surface area contributed by atoms with Crippen molar-refractivity contribution in [1.82, 2.24) is 4.90 Å². The van der Waals surface area contributed by atoms with Crippen molar-refractivity contribution >= 4 is 5.69 Å². The van der Waals surface area contributed by atoms with Gasteiger partial charge in [0.25, 0.3) is 5.69 Å². The van der Waals surface area contributed by atoms with Gasteiger partial charge >= 0.3 is 0 Å². The van der Waals surface area contributed by atoms with Crippen molar-refractivity contribution in [2.45, 2.75) is 12.6 Å². The number of nitro benzene ring substituents is 1. The molecule has 0 aromatic heterocycles. The molecule has 6 heteroatoms. The van der Waals surface area contributed by atoms with Crippen LogP contribution in [0, 0.1) is 15.9 Å². The summed E-state index contributed by atoms with van der Waals surface area (Å²) in [6.45, 7) is 1.78. The zero-order chi connectivity index (χ0) is 11.7. The van der Waals surface area contributed by atoms with Gasteiger partial charge in [0.2, 0.25) is 0 Å². The Morgan fingerprint density at radius 3 is 2.81 bits per heavy atom. The Hall–Kier alpha value is -1.53. The maximum absolute atomic E-state index is 13.0. The predicted octanol–water partition coefficient (Wildman–Crippen LogP) is 0.877. The Kier molecular flexibility index (Phi) is 2.84. The number of hydrogen-bond donors (Lipinski definition) is 1. The minimum atomic E-state index is -0.492. The van der Waals surface area contributed by atoms with E-state index in [9.17, 15) is 14.5 Å². The van der Waals surface area contributed by atoms with Gasteiger partial charge in [0.05, 0.1) is 4.92 Å². The van der Waals surface area contributed by atoms with Crippen molar-refractivity contribution in [1.29, 1.82) is 0 Å². The highest BCUT2D eigenvalue weighted by molar-refractivity contribution is 5.40. The Labute approximate surface area is 91.8 Å². The molecule has 2 N–H and O–H groups in total. The van der Waals surface area contributed by atoms with E-state index in [1.54, 1.807) is 0 Å². The summed E-state index contributed by atoms with van der Waals surface area (Å²) >= 11 is 0. The lowest BCUT2D eigenvalue weighted by molar-refractivity contribution is -0.385. The standard InChI is InChI=1S/C10H12FN3O2/c11-8-1-2-10(14(15)16)7(3-8)4-13-5-9(12)6-13/h1-3,9H,4-6,12H2. The summed E-state index contributed by atoms with van der Waals surface area (Å²) in [6.07, 6.45) is 0. The molecule has 0 amide bonds. The Morgan fingerprint density at radius 1 is 1.56 bits per heavy atom. The van der Waals surface area contributed by atoms with Gasteiger partial charge in [0, 0.05) is 37.3 Å². The van der Waals surface area contributed by atoms with Gasteiger partial charge in [-0.3, -0.25) is 15.0 Å². The summed E-state index contributed by atoms with van der Waals surface area (Å²) in [4.78, 5) is 12.2. The van der Waals surface area contributed by atoms with Crippen LogP contribution in [0.2, 0.25) is 0 Å². The number of rotatable bonds is 3. The average molecular weight is 225 g/mol. The third kappa shape index (κ3) is 2.17. The zero-order valence-corrected chi connectivity index (χ0v) is 8.60. The van der Waals surface area contributed by atoms with Crippen LogP contribution < -0.4 is 5.73 Å². The van der Waals surface area contributed by atoms with Gasteiger partial charge in [0.15, 0.2) is 0 Å². The van der Waals surface area contributed by atoms with Crippen molar-refractivity contribution < 1.29 is 9.31 Å². The molecule has 1 saturated heterocycles. The molecule has 1 aromatic carbocycles. The molecule has 1 aliphatic rings. The lowest BCUT2D eigenvalue weighted by atomic mass is 10.1. The second-order valence-electron chi connectivity index (χ2n) is 3.98. The van der Waals surface area contributed by atoms with Crippen molar-refractivity contribution in [2.75, 3.05) is 13.1 Å². The van der Waals surface area contributed by atoms with Crippen molar-refractivity contribution in [2.24, 2.45) is 5.73 Å². The summed E-state index contributed by atoms with van der Waals surface area (Å²) in [5.41, 5.74) is 5.96. The fourth-order valence-electron chi connectivity index (χ4n) is 1.84. The Bertz CT molecular complexity index is 419. The van der Waals surface area contributed by atoms with E-state index < -0.39 is 10.7 Å². The molecule has 0 atom stereocenters. The summed E-state index contributed by atoms with van der Waals surface area (Å²) < 4.78 is 13.0. The molecule has 16 heavy (non-hydrogen) atoms. The van der Waals surface area contributed by atoms with Gasteiger partial charge in [0.1, 0.15) is 5.82 Å². The molecule has 2 rings (SSSR count). The molecule has 1 fully saturated rings. The van der Waals surface area contributed by atoms with Crippen LogP contribution >= 0.6 is 0 Å². The normalized spacial score (nSPS) is 17.1. The number of benzene rings is 1. The second kappa shape index (κ2) is 4.15. The zero-order valence-electron chi connectivity index (χ0n) is 8.60. The number of nitro groups is 1. The van der Waals surface area contributed by atoms with E-state index in [1.165, 1.54) is 12.1 Å². The number of nitrogens with two attached hydrogens (primary N) is 1. The third-order valence-electron chi connectivity index (χ3n) is 2.62. The first-order chi connectivity index (χ1) is 7.56. The van der Waals surface area contributed by atoms with Crippen LogP contribution in [0.5, 0.6) is 0 Å². The van der Waals surface area contributed by atoms with Crippen molar-refractivity contribution in [3.05, 3.63) is 39.7 Å². The molecule has 1 aromatic rings. The molecular formula is C10H12FN3O2. The Morgan fingerprint density at radius 2 is 2.25 bits per heavy atom. The van der Waals surface area contributed by atoms with Crippen molar-refractivity contribution in [3.63, 3.8) is 0 Å². The average Bonchev–Trinajstić information content (AvgIpc) is 2.15. The molecule has 1 aliphatic heterocycles. The predicted molar refractivity (Wildman–Crippen MR) is 56.3 cm³/mol. The minimum absolute atomic E-state index is 0.0399. The number of nitrogens with zero attached hydrogens (tertiary/aromatic N) is 2. The van der Waals surface area contributed by atoms with Crippen LogP contribution in [0.3, 0.4) is 0 Å². The van der Waals surface area contributed by atoms with Gasteiger partial charge in [-0.1, -0.05) is 0 Å². The fraction of sp³-hybridized carbons (Fsp3) is 0.400. The second-order valence-corrected chi connectivity index (χ2v) is 3.98. The molecular weight excluding hydrogens is 213 g/mol. The summed E-state index contributed by atoms with van der Waals surface area (Å²) in [7, 11) is 0. The molecule has 0 unspecified atom stereocenters. The number of hydrogen-bond acceptors (Lipinski definition) is 4. The van der Waals surface area contributed by atoms with Crippen LogP contribution in [0.25, 0.3) is 0 Å². The molecule has 86 valence electrons. The molecule has 0 aliphatic carbocycles. The van der Waals surface area contributed by atoms with E-state index in [-0.39, 0.29) is 11.7 Å². The third-order valence-corrected chi connectivity index (χ3v) is 2.62.